The SMILES string of the molecule is O[SiH2][SiH2][SiH3]. The summed E-state index contributed by atoms with van der Waals surface area (Å²) in [6, 6.07) is 0. The van der Waals surface area contributed by atoms with E-state index in [4.69, 9.17) is 4.80 Å². The molecule has 0 aliphatic carbocycles. The van der Waals surface area contributed by atoms with Crippen molar-refractivity contribution < 1.29 is 4.80 Å². The molecule has 0 aliphatic rings. The Bertz CT molecular complexity index is 5.25. The molecule has 4 heavy (non-hydrogen) atoms. The zero-order chi connectivity index (χ0) is 3.41. The highest BCUT2D eigenvalue weighted by molar-refractivity contribution is 7.21. The second kappa shape index (κ2) is 3.61. The van der Waals surface area contributed by atoms with Gasteiger partial charge in [-0.15, -0.1) is 0 Å². The molecule has 0 unspecified atom stereocenters. The quantitative estimate of drug-likeness (QED) is 0.345. The van der Waals surface area contributed by atoms with Crippen molar-refractivity contribution in [3.63, 3.8) is 0 Å². The predicted octanol–water partition coefficient (Wildman–Crippen LogP) is -3.57. The highest BCUT2D eigenvalue weighted by Gasteiger charge is 1.63. The molecule has 0 aromatic heterocycles. The Labute approximate surface area is 33.2 Å². The standard InChI is InChI=1S/H8OSi3/c1-3-4-2/h1H,3-4H2,2H3. The molecule has 0 aromatic carbocycles. The lowest BCUT2D eigenvalue weighted by Crippen LogP contribution is -1.99. The highest BCUT2D eigenvalue weighted by atomic mass is 29.5. The van der Waals surface area contributed by atoms with E-state index in [1.165, 1.54) is 9.76 Å². The summed E-state index contributed by atoms with van der Waals surface area (Å²) in [6.07, 6.45) is 0. The summed E-state index contributed by atoms with van der Waals surface area (Å²) in [5.74, 6) is 0. The maximum absolute atomic E-state index is 8.11. The van der Waals surface area contributed by atoms with Crippen molar-refractivity contribution in [3.8, 4) is 0 Å². The third-order valence-corrected chi connectivity index (χ3v) is 6.04. The summed E-state index contributed by atoms with van der Waals surface area (Å²) in [6.45, 7) is 0. The van der Waals surface area contributed by atoms with Gasteiger partial charge in [-0.1, -0.05) is 0 Å². The van der Waals surface area contributed by atoms with E-state index < -0.39 is 0 Å². The minimum Gasteiger partial charge on any atom is -0.442 e. The van der Waals surface area contributed by atoms with Crippen molar-refractivity contribution in [3.05, 3.63) is 0 Å². The van der Waals surface area contributed by atoms with E-state index in [9.17, 15) is 0 Å². The van der Waals surface area contributed by atoms with Crippen LogP contribution in [0.25, 0.3) is 0 Å². The summed E-state index contributed by atoms with van der Waals surface area (Å²) in [4.78, 5) is 8.11. The van der Waals surface area contributed by atoms with Gasteiger partial charge in [0.25, 0.3) is 0 Å². The topological polar surface area (TPSA) is 20.2 Å². The molecule has 0 amide bonds. The van der Waals surface area contributed by atoms with Gasteiger partial charge in [-0.25, -0.2) is 0 Å². The van der Waals surface area contributed by atoms with E-state index in [-0.39, 0.29) is 17.8 Å². The van der Waals surface area contributed by atoms with E-state index in [1.54, 1.807) is 0 Å². The first-order valence-corrected chi connectivity index (χ1v) is 11.8. The molecule has 0 saturated heterocycles. The molecule has 26 valence electrons. The van der Waals surface area contributed by atoms with E-state index in [0.717, 1.165) is 0 Å². The van der Waals surface area contributed by atoms with Crippen molar-refractivity contribution in [2.75, 3.05) is 0 Å². The van der Waals surface area contributed by atoms with Gasteiger partial charge in [0, 0.05) is 8.55 Å². The number of rotatable bonds is 1. The van der Waals surface area contributed by atoms with E-state index in [2.05, 4.69) is 0 Å². The van der Waals surface area contributed by atoms with Crippen LogP contribution in [0.2, 0.25) is 0 Å². The Morgan fingerprint density at radius 2 is 2.00 bits per heavy atom. The first-order chi connectivity index (χ1) is 1.91. The van der Waals surface area contributed by atoms with Crippen LogP contribution >= 0.6 is 0 Å². The molecule has 1 N–H and O–H groups in total. The summed E-state index contributed by atoms with van der Waals surface area (Å²) < 4.78 is 0. The second-order valence-electron chi connectivity index (χ2n) is 0.724. The Morgan fingerprint density at radius 1 is 1.75 bits per heavy atom. The minimum absolute atomic E-state index is 0.258. The lowest BCUT2D eigenvalue weighted by molar-refractivity contribution is 0.621. The van der Waals surface area contributed by atoms with Gasteiger partial charge >= 0.3 is 0 Å². The fourth-order valence-electron chi connectivity index (χ4n) is 0. The van der Waals surface area contributed by atoms with Gasteiger partial charge in [0.2, 0.25) is 0 Å². The predicted molar refractivity (Wildman–Crippen MR) is 29.2 cm³/mol. The fourth-order valence-corrected chi connectivity index (χ4v) is 0. The molecule has 0 atom stereocenters. The normalized spacial score (nSPS) is 14.2. The molecule has 0 spiro atoms. The van der Waals surface area contributed by atoms with Crippen molar-refractivity contribution in [2.45, 2.75) is 0 Å². The molecule has 0 rings (SSSR count). The maximum Gasteiger partial charge on any atom is 0.135 e. The zero-order valence-corrected chi connectivity index (χ0v) is 7.69. The van der Waals surface area contributed by atoms with Gasteiger partial charge in [0.05, 0.1) is 0 Å². The second-order valence-corrected chi connectivity index (χ2v) is 15.5. The van der Waals surface area contributed by atoms with Crippen LogP contribution in [0.5, 0.6) is 0 Å². The average molecular weight is 108 g/mol. The Morgan fingerprint density at radius 3 is 2.00 bits per heavy atom. The van der Waals surface area contributed by atoms with Crippen LogP contribution in [0, 0.1) is 0 Å². The van der Waals surface area contributed by atoms with Crippen molar-refractivity contribution in [2.24, 2.45) is 0 Å². The Hall–Kier alpha value is 0.611. The Balaban J connectivity index is 1.97. The molecule has 0 bridgehead atoms. The summed E-state index contributed by atoms with van der Waals surface area (Å²) >= 11 is 0. The fraction of sp³-hybridized carbons (Fsp3) is 0. The average Bonchev–Trinajstić information content (AvgIpc) is 1.37. The van der Waals surface area contributed by atoms with E-state index in [1.807, 2.05) is 0 Å². The van der Waals surface area contributed by atoms with Gasteiger partial charge < -0.3 is 4.80 Å². The monoisotopic (exact) mass is 108 g/mol. The molecule has 4 heteroatoms. The molecule has 0 aromatic rings. The number of hydrogen-bond donors (Lipinski definition) is 1. The third kappa shape index (κ3) is 2.61. The van der Waals surface area contributed by atoms with Crippen LogP contribution < -0.4 is 0 Å². The summed E-state index contributed by atoms with van der Waals surface area (Å²) in [5.41, 5.74) is 0. The van der Waals surface area contributed by atoms with Crippen LogP contribution in [-0.4, -0.2) is 32.4 Å². The molecular formula is H8OSi3. The molecule has 0 fully saturated rings. The smallest absolute Gasteiger partial charge is 0.135 e. The largest absolute Gasteiger partial charge is 0.442 e. The molecule has 0 aliphatic heterocycles. The van der Waals surface area contributed by atoms with Crippen LogP contribution in [0.15, 0.2) is 0 Å². The lowest BCUT2D eigenvalue weighted by atomic mass is 15.9. The highest BCUT2D eigenvalue weighted by Crippen LogP contribution is 1.25. The van der Waals surface area contributed by atoms with Crippen LogP contribution in [0.1, 0.15) is 0 Å². The zero-order valence-electron chi connectivity index (χ0n) is 2.86. The minimum atomic E-state index is -0.375. The van der Waals surface area contributed by atoms with E-state index in [0.29, 0.717) is 0 Å². The van der Waals surface area contributed by atoms with Gasteiger partial charge in [0.15, 0.2) is 0 Å². The maximum atomic E-state index is 8.11. The van der Waals surface area contributed by atoms with Gasteiger partial charge in [-0.3, -0.25) is 0 Å². The first kappa shape index (κ1) is 4.61. The Kier molecular flexibility index (Phi) is 4.16. The molecule has 0 radical (unpaired) electrons. The molecular weight excluding hydrogens is 100 g/mol. The van der Waals surface area contributed by atoms with Gasteiger partial charge in [0.1, 0.15) is 9.28 Å². The molecule has 0 saturated carbocycles. The summed E-state index contributed by atoms with van der Waals surface area (Å²) in [5, 5.41) is 0. The van der Waals surface area contributed by atoms with Crippen molar-refractivity contribution in [1.29, 1.82) is 0 Å². The molecule has 0 heterocycles. The first-order valence-electron chi connectivity index (χ1n) is 1.52. The number of hydrogen-bond acceptors (Lipinski definition) is 1. The van der Waals surface area contributed by atoms with Crippen LogP contribution in [0.4, 0.5) is 0 Å². The summed E-state index contributed by atoms with van der Waals surface area (Å²) in [7, 11) is 1.22. The molecule has 1 nitrogen and oxygen atoms in total. The van der Waals surface area contributed by atoms with Crippen molar-refractivity contribution >= 4 is 27.6 Å². The van der Waals surface area contributed by atoms with Crippen LogP contribution in [0.3, 0.4) is 0 Å². The van der Waals surface area contributed by atoms with E-state index >= 15 is 0 Å². The lowest BCUT2D eigenvalue weighted by Gasteiger charge is -1.64. The van der Waals surface area contributed by atoms with Crippen molar-refractivity contribution in [1.82, 2.24) is 0 Å². The van der Waals surface area contributed by atoms with Crippen LogP contribution in [-0.2, 0) is 0 Å². The van der Waals surface area contributed by atoms with Gasteiger partial charge in [-0.2, -0.15) is 0 Å². The van der Waals surface area contributed by atoms with Gasteiger partial charge in [-0.05, 0) is 9.76 Å². The third-order valence-electron chi connectivity index (χ3n) is 0.224.